The van der Waals surface area contributed by atoms with E-state index in [0.29, 0.717) is 18.2 Å². The number of benzene rings is 2. The van der Waals surface area contributed by atoms with E-state index in [9.17, 15) is 30.8 Å². The highest BCUT2D eigenvalue weighted by molar-refractivity contribution is 7.92. The van der Waals surface area contributed by atoms with Gasteiger partial charge in [-0.05, 0) is 29.8 Å². The second-order valence-electron chi connectivity index (χ2n) is 4.33. The first-order valence-electron chi connectivity index (χ1n) is 5.90. The summed E-state index contributed by atoms with van der Waals surface area (Å²) in [5, 5.41) is -2.34. The van der Waals surface area contributed by atoms with E-state index in [4.69, 9.17) is 23.2 Å². The molecule has 11 heteroatoms. The zero-order valence-corrected chi connectivity index (χ0v) is 13.5. The molecule has 2 rings (SSSR count). The van der Waals surface area contributed by atoms with Gasteiger partial charge in [0.2, 0.25) is 0 Å². The molecule has 4 nitrogen and oxygen atoms in total. The molecule has 128 valence electrons. The number of rotatable bonds is 4. The lowest BCUT2D eigenvalue weighted by Crippen LogP contribution is -2.18. The van der Waals surface area contributed by atoms with Gasteiger partial charge in [-0.2, -0.15) is 0 Å². The standard InChI is InChI=1S/C13H5Cl2F4NO3S/c14-5-4-8(18)9(13(15)21)10(19)11(5)20-24(22,23)12-6(16)2-1-3-7(12)17/h1-4,20H. The summed E-state index contributed by atoms with van der Waals surface area (Å²) in [5.74, 6) is -6.05. The first-order valence-corrected chi connectivity index (χ1v) is 8.14. The van der Waals surface area contributed by atoms with Crippen LogP contribution in [0, 0.1) is 23.3 Å². The van der Waals surface area contributed by atoms with Crippen molar-refractivity contribution in [3.05, 3.63) is 58.1 Å². The number of hydrogen-bond acceptors (Lipinski definition) is 3. The first kappa shape index (κ1) is 18.5. The quantitative estimate of drug-likeness (QED) is 0.620. The van der Waals surface area contributed by atoms with E-state index in [0.717, 1.165) is 6.07 Å². The minimum Gasteiger partial charge on any atom is -0.275 e. The molecule has 0 aliphatic rings. The summed E-state index contributed by atoms with van der Waals surface area (Å²) in [6.45, 7) is 0. The monoisotopic (exact) mass is 401 g/mol. The number of nitrogens with one attached hydrogen (secondary N) is 1. The molecule has 0 radical (unpaired) electrons. The third-order valence-corrected chi connectivity index (χ3v) is 4.68. The molecule has 0 saturated heterocycles. The second-order valence-corrected chi connectivity index (χ2v) is 6.70. The summed E-state index contributed by atoms with van der Waals surface area (Å²) in [4.78, 5) is 9.64. The van der Waals surface area contributed by atoms with Crippen LogP contribution in [0.1, 0.15) is 10.4 Å². The summed E-state index contributed by atoms with van der Waals surface area (Å²) in [6.07, 6.45) is 0. The molecule has 0 unspecified atom stereocenters. The van der Waals surface area contributed by atoms with Crippen LogP contribution < -0.4 is 4.72 Å². The molecule has 0 atom stereocenters. The van der Waals surface area contributed by atoms with Crippen LogP contribution in [0.2, 0.25) is 5.02 Å². The fourth-order valence-electron chi connectivity index (χ4n) is 1.79. The van der Waals surface area contributed by atoms with E-state index in [1.54, 1.807) is 0 Å². The third-order valence-electron chi connectivity index (χ3n) is 2.79. The maximum atomic E-state index is 14.1. The Morgan fingerprint density at radius 1 is 1.04 bits per heavy atom. The Hall–Kier alpha value is -1.84. The van der Waals surface area contributed by atoms with E-state index < -0.39 is 59.7 Å². The summed E-state index contributed by atoms with van der Waals surface area (Å²) in [5.41, 5.74) is -2.35. The van der Waals surface area contributed by atoms with Crippen molar-refractivity contribution in [3.63, 3.8) is 0 Å². The number of anilines is 1. The van der Waals surface area contributed by atoms with Gasteiger partial charge in [0.05, 0.1) is 5.02 Å². The number of hydrogen-bond donors (Lipinski definition) is 1. The van der Waals surface area contributed by atoms with Crippen molar-refractivity contribution in [1.29, 1.82) is 0 Å². The smallest absolute Gasteiger partial charge is 0.267 e. The molecular weight excluding hydrogens is 397 g/mol. The highest BCUT2D eigenvalue weighted by atomic mass is 35.5. The zero-order valence-electron chi connectivity index (χ0n) is 11.2. The van der Waals surface area contributed by atoms with E-state index >= 15 is 0 Å². The lowest BCUT2D eigenvalue weighted by atomic mass is 10.2. The molecule has 0 amide bonds. The maximum absolute atomic E-state index is 14.1. The van der Waals surface area contributed by atoms with E-state index in [-0.39, 0.29) is 0 Å². The Morgan fingerprint density at radius 3 is 2.08 bits per heavy atom. The Kier molecular flexibility index (Phi) is 5.07. The Balaban J connectivity index is 2.63. The highest BCUT2D eigenvalue weighted by Crippen LogP contribution is 2.33. The fourth-order valence-corrected chi connectivity index (χ4v) is 3.46. The first-order chi connectivity index (χ1) is 11.1. The molecule has 2 aromatic rings. The van der Waals surface area contributed by atoms with E-state index in [1.165, 1.54) is 4.72 Å². The molecule has 0 aromatic heterocycles. The van der Waals surface area contributed by atoms with Gasteiger partial charge in [-0.1, -0.05) is 17.7 Å². The van der Waals surface area contributed by atoms with Crippen molar-refractivity contribution in [2.45, 2.75) is 4.90 Å². The average Bonchev–Trinajstić information content (AvgIpc) is 2.42. The maximum Gasteiger partial charge on any atom is 0.267 e. The molecular formula is C13H5Cl2F4NO3S. The van der Waals surface area contributed by atoms with Crippen molar-refractivity contribution < 1.29 is 30.8 Å². The van der Waals surface area contributed by atoms with E-state index in [1.807, 2.05) is 0 Å². The van der Waals surface area contributed by atoms with Gasteiger partial charge >= 0.3 is 0 Å². The van der Waals surface area contributed by atoms with Crippen LogP contribution in [0.3, 0.4) is 0 Å². The molecule has 0 aliphatic heterocycles. The van der Waals surface area contributed by atoms with Crippen molar-refractivity contribution in [2.75, 3.05) is 4.72 Å². The van der Waals surface area contributed by atoms with Gasteiger partial charge in [0.15, 0.2) is 10.7 Å². The van der Waals surface area contributed by atoms with Gasteiger partial charge in [0.25, 0.3) is 15.3 Å². The largest absolute Gasteiger partial charge is 0.275 e. The Morgan fingerprint density at radius 2 is 1.58 bits per heavy atom. The van der Waals surface area contributed by atoms with Crippen LogP contribution in [-0.4, -0.2) is 13.7 Å². The summed E-state index contributed by atoms with van der Waals surface area (Å²) >= 11 is 10.6. The summed E-state index contributed by atoms with van der Waals surface area (Å²) in [7, 11) is -4.98. The number of halogens is 6. The normalized spacial score (nSPS) is 11.4. The van der Waals surface area contributed by atoms with Crippen LogP contribution in [0.5, 0.6) is 0 Å². The Bertz CT molecular complexity index is 930. The molecule has 24 heavy (non-hydrogen) atoms. The van der Waals surface area contributed by atoms with Crippen LogP contribution in [-0.2, 0) is 10.0 Å². The highest BCUT2D eigenvalue weighted by Gasteiger charge is 2.29. The SMILES string of the molecule is O=C(Cl)c1c(F)cc(Cl)c(NS(=O)(=O)c2c(F)cccc2F)c1F. The molecule has 0 fully saturated rings. The number of sulfonamides is 1. The number of carbonyl (C=O) groups is 1. The lowest BCUT2D eigenvalue weighted by Gasteiger charge is -2.13. The van der Waals surface area contributed by atoms with Crippen molar-refractivity contribution in [1.82, 2.24) is 0 Å². The van der Waals surface area contributed by atoms with Crippen molar-refractivity contribution >= 4 is 44.2 Å². The molecule has 1 N–H and O–H groups in total. The predicted octanol–water partition coefficient (Wildman–Crippen LogP) is 4.08. The minimum atomic E-state index is -4.98. The molecule has 0 aliphatic carbocycles. The van der Waals surface area contributed by atoms with Gasteiger partial charge in [-0.25, -0.2) is 26.0 Å². The second kappa shape index (κ2) is 6.58. The molecule has 0 saturated carbocycles. The van der Waals surface area contributed by atoms with Crippen LogP contribution in [0.15, 0.2) is 29.2 Å². The van der Waals surface area contributed by atoms with Gasteiger partial charge in [0.1, 0.15) is 28.7 Å². The van der Waals surface area contributed by atoms with Crippen LogP contribution in [0.4, 0.5) is 23.2 Å². The van der Waals surface area contributed by atoms with Crippen LogP contribution in [0.25, 0.3) is 0 Å². The Labute approximate surface area is 143 Å². The topological polar surface area (TPSA) is 63.2 Å². The zero-order chi connectivity index (χ0) is 18.2. The van der Waals surface area contributed by atoms with Crippen molar-refractivity contribution in [3.8, 4) is 0 Å². The molecule has 0 bridgehead atoms. The van der Waals surface area contributed by atoms with Crippen LogP contribution >= 0.6 is 23.2 Å². The summed E-state index contributed by atoms with van der Waals surface area (Å²) < 4.78 is 80.5. The summed E-state index contributed by atoms with van der Waals surface area (Å²) in [6, 6.07) is 2.66. The third kappa shape index (κ3) is 3.33. The van der Waals surface area contributed by atoms with Gasteiger partial charge in [-0.3, -0.25) is 9.52 Å². The fraction of sp³-hybridized carbons (Fsp3) is 0. The van der Waals surface area contributed by atoms with Crippen molar-refractivity contribution in [2.24, 2.45) is 0 Å². The average molecular weight is 402 g/mol. The molecule has 0 heterocycles. The molecule has 0 spiro atoms. The predicted molar refractivity (Wildman–Crippen MR) is 78.7 cm³/mol. The number of carbonyl (C=O) groups excluding carboxylic acids is 1. The van der Waals surface area contributed by atoms with Gasteiger partial charge in [0, 0.05) is 0 Å². The molecule has 2 aromatic carbocycles. The lowest BCUT2D eigenvalue weighted by molar-refractivity contribution is 0.107. The van der Waals surface area contributed by atoms with Gasteiger partial charge in [-0.15, -0.1) is 0 Å². The van der Waals surface area contributed by atoms with E-state index in [2.05, 4.69) is 0 Å². The van der Waals surface area contributed by atoms with Gasteiger partial charge < -0.3 is 0 Å². The minimum absolute atomic E-state index is 0.426.